The summed E-state index contributed by atoms with van der Waals surface area (Å²) in [6.45, 7) is 2.88. The van der Waals surface area contributed by atoms with E-state index in [2.05, 4.69) is 33.4 Å². The van der Waals surface area contributed by atoms with Gasteiger partial charge in [-0.05, 0) is 56.4 Å². The number of nitrogens with zero attached hydrogens (tertiary/aromatic N) is 1. The Bertz CT molecular complexity index is 1110. The second-order valence-electron chi connectivity index (χ2n) is 8.26. The highest BCUT2D eigenvalue weighted by molar-refractivity contribution is 9.10. The van der Waals surface area contributed by atoms with E-state index in [-0.39, 0.29) is 12.3 Å². The van der Waals surface area contributed by atoms with Gasteiger partial charge in [-0.1, -0.05) is 81.5 Å². The molecule has 1 amide bonds. The van der Waals surface area contributed by atoms with Gasteiger partial charge < -0.3 is 9.47 Å². The van der Waals surface area contributed by atoms with Crippen LogP contribution >= 0.6 is 15.9 Å². The second kappa shape index (κ2) is 13.8. The number of amides is 1. The molecule has 0 aliphatic heterocycles. The van der Waals surface area contributed by atoms with E-state index in [4.69, 9.17) is 9.47 Å². The van der Waals surface area contributed by atoms with Crippen LogP contribution in [-0.4, -0.2) is 25.8 Å². The number of ether oxygens (including phenoxy) is 2. The van der Waals surface area contributed by atoms with Gasteiger partial charge >= 0.3 is 0 Å². The summed E-state index contributed by atoms with van der Waals surface area (Å²) in [4.78, 5) is 12.4. The maximum atomic E-state index is 12.4. The van der Waals surface area contributed by atoms with Crippen molar-refractivity contribution < 1.29 is 14.3 Å². The summed E-state index contributed by atoms with van der Waals surface area (Å²) >= 11 is 3.58. The average molecular weight is 525 g/mol. The molecular weight excluding hydrogens is 492 g/mol. The molecule has 34 heavy (non-hydrogen) atoms. The molecule has 0 saturated carbocycles. The van der Waals surface area contributed by atoms with Crippen molar-refractivity contribution in [2.24, 2.45) is 5.10 Å². The van der Waals surface area contributed by atoms with E-state index in [1.165, 1.54) is 32.1 Å². The maximum Gasteiger partial charge on any atom is 0.244 e. The van der Waals surface area contributed by atoms with Crippen LogP contribution in [-0.2, 0) is 11.2 Å². The minimum atomic E-state index is -0.169. The molecule has 3 rings (SSSR count). The van der Waals surface area contributed by atoms with Gasteiger partial charge in [-0.25, -0.2) is 5.43 Å². The standard InChI is InChI=1S/C28H33BrN2O3/c1-3-4-5-6-7-10-16-34-28-25(29)17-21(18-26(28)33-2)20-30-31-27(32)19-23-14-11-13-22-12-8-9-15-24(22)23/h8-9,11-15,17-18,20H,3-7,10,16,19H2,1-2H3,(H,31,32)/b30-20+. The van der Waals surface area contributed by atoms with Crippen LogP contribution < -0.4 is 14.9 Å². The highest BCUT2D eigenvalue weighted by atomic mass is 79.9. The first-order chi connectivity index (χ1) is 16.6. The molecule has 0 spiro atoms. The van der Waals surface area contributed by atoms with Gasteiger partial charge in [-0.3, -0.25) is 4.79 Å². The number of hydrogen-bond acceptors (Lipinski definition) is 4. The van der Waals surface area contributed by atoms with Gasteiger partial charge in [0.1, 0.15) is 0 Å². The molecular formula is C28H33BrN2O3. The van der Waals surface area contributed by atoms with Crippen LogP contribution in [0.2, 0.25) is 0 Å². The molecule has 0 saturated heterocycles. The van der Waals surface area contributed by atoms with Gasteiger partial charge in [0.2, 0.25) is 5.91 Å². The van der Waals surface area contributed by atoms with Gasteiger partial charge in [-0.15, -0.1) is 0 Å². The Balaban J connectivity index is 1.54. The number of nitrogens with one attached hydrogen (secondary N) is 1. The lowest BCUT2D eigenvalue weighted by Crippen LogP contribution is -2.19. The summed E-state index contributed by atoms with van der Waals surface area (Å²) in [7, 11) is 1.62. The Hall–Kier alpha value is -2.86. The Kier molecular flexibility index (Phi) is 10.4. The molecule has 5 nitrogen and oxygen atoms in total. The molecule has 0 fully saturated rings. The third-order valence-electron chi connectivity index (χ3n) is 5.63. The van der Waals surface area contributed by atoms with E-state index in [1.54, 1.807) is 13.3 Å². The summed E-state index contributed by atoms with van der Waals surface area (Å²) < 4.78 is 12.3. The van der Waals surface area contributed by atoms with Crippen LogP contribution in [0.3, 0.4) is 0 Å². The van der Waals surface area contributed by atoms with Crippen molar-refractivity contribution in [2.75, 3.05) is 13.7 Å². The normalized spacial score (nSPS) is 11.1. The average Bonchev–Trinajstić information content (AvgIpc) is 2.84. The third-order valence-corrected chi connectivity index (χ3v) is 6.22. The quantitative estimate of drug-likeness (QED) is 0.148. The summed E-state index contributed by atoms with van der Waals surface area (Å²) in [5, 5.41) is 6.33. The largest absolute Gasteiger partial charge is 0.493 e. The van der Waals surface area contributed by atoms with Crippen molar-refractivity contribution in [2.45, 2.75) is 51.9 Å². The van der Waals surface area contributed by atoms with E-state index < -0.39 is 0 Å². The van der Waals surface area contributed by atoms with Crippen LogP contribution in [0.25, 0.3) is 10.8 Å². The van der Waals surface area contributed by atoms with Gasteiger partial charge in [0.15, 0.2) is 11.5 Å². The van der Waals surface area contributed by atoms with Gasteiger partial charge in [0.05, 0.1) is 30.8 Å². The molecule has 180 valence electrons. The van der Waals surface area contributed by atoms with Crippen molar-refractivity contribution >= 4 is 38.8 Å². The number of carbonyl (C=O) groups is 1. The number of benzene rings is 3. The fourth-order valence-electron chi connectivity index (χ4n) is 3.85. The first-order valence-corrected chi connectivity index (χ1v) is 12.7. The summed E-state index contributed by atoms with van der Waals surface area (Å²) in [5.74, 6) is 1.15. The molecule has 6 heteroatoms. The molecule has 0 aromatic heterocycles. The number of methoxy groups -OCH3 is 1. The van der Waals surface area contributed by atoms with E-state index >= 15 is 0 Å². The van der Waals surface area contributed by atoms with E-state index in [1.807, 2.05) is 54.6 Å². The molecule has 0 bridgehead atoms. The Morgan fingerprint density at radius 3 is 2.62 bits per heavy atom. The zero-order chi connectivity index (χ0) is 24.2. The van der Waals surface area contributed by atoms with Gasteiger partial charge in [-0.2, -0.15) is 5.10 Å². The lowest BCUT2D eigenvalue weighted by Gasteiger charge is -2.13. The maximum absolute atomic E-state index is 12.4. The minimum absolute atomic E-state index is 0.169. The van der Waals surface area contributed by atoms with Crippen molar-refractivity contribution in [1.29, 1.82) is 0 Å². The van der Waals surface area contributed by atoms with Crippen molar-refractivity contribution in [1.82, 2.24) is 5.43 Å². The van der Waals surface area contributed by atoms with Crippen molar-refractivity contribution in [3.8, 4) is 11.5 Å². The fraction of sp³-hybridized carbons (Fsp3) is 0.357. The van der Waals surface area contributed by atoms with Gasteiger partial charge in [0, 0.05) is 0 Å². The van der Waals surface area contributed by atoms with Crippen LogP contribution in [0.15, 0.2) is 64.2 Å². The topological polar surface area (TPSA) is 59.9 Å². The monoisotopic (exact) mass is 524 g/mol. The minimum Gasteiger partial charge on any atom is -0.493 e. The first-order valence-electron chi connectivity index (χ1n) is 11.9. The summed E-state index contributed by atoms with van der Waals surface area (Å²) in [5.41, 5.74) is 4.39. The molecule has 0 aliphatic carbocycles. The SMILES string of the molecule is CCCCCCCCOc1c(Br)cc(/C=N/NC(=O)Cc2cccc3ccccc23)cc1OC. The van der Waals surface area contributed by atoms with Crippen LogP contribution in [0.5, 0.6) is 11.5 Å². The number of hydrogen-bond donors (Lipinski definition) is 1. The molecule has 1 N–H and O–H groups in total. The zero-order valence-electron chi connectivity index (χ0n) is 20.0. The number of hydrazone groups is 1. The van der Waals surface area contributed by atoms with E-state index in [0.29, 0.717) is 18.1 Å². The molecule has 3 aromatic carbocycles. The van der Waals surface area contributed by atoms with Crippen molar-refractivity contribution in [3.63, 3.8) is 0 Å². The fourth-order valence-corrected chi connectivity index (χ4v) is 4.42. The lowest BCUT2D eigenvalue weighted by atomic mass is 10.0. The van der Waals surface area contributed by atoms with Crippen LogP contribution in [0, 0.1) is 0 Å². The Morgan fingerprint density at radius 2 is 1.79 bits per heavy atom. The molecule has 0 unspecified atom stereocenters. The lowest BCUT2D eigenvalue weighted by molar-refractivity contribution is -0.120. The predicted octanol–water partition coefficient (Wildman–Crippen LogP) is 7.04. The van der Waals surface area contributed by atoms with E-state index in [0.717, 1.165) is 32.8 Å². The highest BCUT2D eigenvalue weighted by Gasteiger charge is 2.11. The van der Waals surface area contributed by atoms with Crippen molar-refractivity contribution in [3.05, 3.63) is 70.2 Å². The number of carbonyl (C=O) groups excluding carboxylic acids is 1. The highest BCUT2D eigenvalue weighted by Crippen LogP contribution is 2.36. The first kappa shape index (κ1) is 25.8. The molecule has 0 heterocycles. The number of rotatable bonds is 13. The third kappa shape index (κ3) is 7.59. The number of halogens is 1. The Morgan fingerprint density at radius 1 is 1.03 bits per heavy atom. The molecule has 0 radical (unpaired) electrons. The van der Waals surface area contributed by atoms with Crippen LogP contribution in [0.4, 0.5) is 0 Å². The van der Waals surface area contributed by atoms with Crippen LogP contribution in [0.1, 0.15) is 56.6 Å². The zero-order valence-corrected chi connectivity index (χ0v) is 21.6. The molecule has 0 aliphatic rings. The molecule has 3 aromatic rings. The molecule has 0 atom stereocenters. The number of fused-ring (bicyclic) bond motifs is 1. The van der Waals surface area contributed by atoms with Gasteiger partial charge in [0.25, 0.3) is 0 Å². The van der Waals surface area contributed by atoms with E-state index in [9.17, 15) is 4.79 Å². The predicted molar refractivity (Wildman–Crippen MR) is 143 cm³/mol. The summed E-state index contributed by atoms with van der Waals surface area (Å²) in [6.07, 6.45) is 9.14. The second-order valence-corrected chi connectivity index (χ2v) is 9.11. The number of unbranched alkanes of at least 4 members (excludes halogenated alkanes) is 5. The Labute approximate surface area is 210 Å². The smallest absolute Gasteiger partial charge is 0.244 e. The summed E-state index contributed by atoms with van der Waals surface area (Å²) in [6, 6.07) is 17.8.